The molecule has 2 aromatic rings. The lowest BCUT2D eigenvalue weighted by Gasteiger charge is -2.20. The molecular formula is C23H24ClN5OS. The summed E-state index contributed by atoms with van der Waals surface area (Å²) in [5.74, 6) is 0.0897. The minimum absolute atomic E-state index is 0.0602. The molecule has 1 aromatic carbocycles. The van der Waals surface area contributed by atoms with Crippen LogP contribution in [-0.4, -0.2) is 31.5 Å². The van der Waals surface area contributed by atoms with Crippen molar-refractivity contribution in [3.05, 3.63) is 57.4 Å². The molecule has 1 amide bonds. The van der Waals surface area contributed by atoms with Crippen LogP contribution in [0.5, 0.6) is 0 Å². The fourth-order valence-electron chi connectivity index (χ4n) is 3.76. The van der Waals surface area contributed by atoms with E-state index in [-0.39, 0.29) is 11.4 Å². The van der Waals surface area contributed by atoms with Crippen LogP contribution in [0.15, 0.2) is 39.9 Å². The lowest BCUT2D eigenvalue weighted by molar-refractivity contribution is -0.114. The zero-order valence-corrected chi connectivity index (χ0v) is 19.7. The SMILES string of the molecule is Cc1c(Cl)cccc1-n1c(C)cc(C=C2C(=N)N3N=C(CC(C)C)SC3=NC2=O)c1C. The Bertz CT molecular complexity index is 1200. The Labute approximate surface area is 191 Å². The Morgan fingerprint density at radius 1 is 1.26 bits per heavy atom. The predicted molar refractivity (Wildman–Crippen MR) is 129 cm³/mol. The van der Waals surface area contributed by atoms with E-state index in [9.17, 15) is 4.79 Å². The Balaban J connectivity index is 1.73. The number of carbonyl (C=O) groups excluding carboxylic acids is 1. The molecule has 0 radical (unpaired) electrons. The van der Waals surface area contributed by atoms with Crippen LogP contribution < -0.4 is 0 Å². The number of fused-ring (bicyclic) bond motifs is 1. The van der Waals surface area contributed by atoms with Crippen molar-refractivity contribution in [2.24, 2.45) is 16.0 Å². The largest absolute Gasteiger partial charge is 0.318 e. The number of nitrogens with one attached hydrogen (secondary N) is 1. The van der Waals surface area contributed by atoms with Gasteiger partial charge < -0.3 is 4.57 Å². The summed E-state index contributed by atoms with van der Waals surface area (Å²) < 4.78 is 2.11. The molecule has 2 aliphatic heterocycles. The number of rotatable bonds is 4. The number of aryl methyl sites for hydroxylation is 1. The number of nitrogens with zero attached hydrogens (tertiary/aromatic N) is 4. The van der Waals surface area contributed by atoms with E-state index in [0.717, 1.165) is 39.7 Å². The third kappa shape index (κ3) is 3.88. The van der Waals surface area contributed by atoms with Gasteiger partial charge in [-0.1, -0.05) is 31.5 Å². The molecule has 0 atom stereocenters. The fourth-order valence-corrected chi connectivity index (χ4v) is 5.03. The number of amides is 1. The van der Waals surface area contributed by atoms with E-state index in [2.05, 4.69) is 28.5 Å². The first-order valence-corrected chi connectivity index (χ1v) is 11.3. The summed E-state index contributed by atoms with van der Waals surface area (Å²) in [5, 5.41) is 16.6. The predicted octanol–water partition coefficient (Wildman–Crippen LogP) is 5.72. The van der Waals surface area contributed by atoms with Gasteiger partial charge in [-0.2, -0.15) is 15.1 Å². The van der Waals surface area contributed by atoms with E-state index in [1.165, 1.54) is 16.8 Å². The van der Waals surface area contributed by atoms with Crippen LogP contribution >= 0.6 is 23.4 Å². The molecule has 0 saturated heterocycles. The summed E-state index contributed by atoms with van der Waals surface area (Å²) in [7, 11) is 0. The maximum Gasteiger partial charge on any atom is 0.283 e. The normalized spacial score (nSPS) is 17.5. The van der Waals surface area contributed by atoms with Gasteiger partial charge in [-0.3, -0.25) is 10.2 Å². The topological polar surface area (TPSA) is 73.8 Å². The van der Waals surface area contributed by atoms with Gasteiger partial charge in [0.05, 0.1) is 5.57 Å². The van der Waals surface area contributed by atoms with Crippen molar-refractivity contribution in [1.29, 1.82) is 5.41 Å². The van der Waals surface area contributed by atoms with Gasteiger partial charge >= 0.3 is 0 Å². The van der Waals surface area contributed by atoms with Crippen molar-refractivity contribution in [3.8, 4) is 5.69 Å². The summed E-state index contributed by atoms with van der Waals surface area (Å²) in [6.45, 7) is 10.2. The van der Waals surface area contributed by atoms with Crippen LogP contribution in [0.2, 0.25) is 5.02 Å². The molecule has 3 heterocycles. The fraction of sp³-hybridized carbons (Fsp3) is 0.304. The number of hydrogen-bond donors (Lipinski definition) is 1. The first-order chi connectivity index (χ1) is 14.7. The van der Waals surface area contributed by atoms with Gasteiger partial charge in [0.25, 0.3) is 5.91 Å². The molecule has 1 aromatic heterocycles. The number of benzene rings is 1. The minimum atomic E-state index is -0.409. The average Bonchev–Trinajstić information content (AvgIpc) is 3.21. The number of carbonyl (C=O) groups is 1. The minimum Gasteiger partial charge on any atom is -0.318 e. The quantitative estimate of drug-likeness (QED) is 0.601. The van der Waals surface area contributed by atoms with Gasteiger partial charge in [-0.25, -0.2) is 0 Å². The van der Waals surface area contributed by atoms with Crippen molar-refractivity contribution >= 4 is 51.4 Å². The van der Waals surface area contributed by atoms with Crippen LogP contribution in [0, 0.1) is 32.1 Å². The van der Waals surface area contributed by atoms with Crippen LogP contribution in [-0.2, 0) is 4.79 Å². The van der Waals surface area contributed by atoms with Gasteiger partial charge in [-0.05, 0) is 73.9 Å². The van der Waals surface area contributed by atoms with Gasteiger partial charge in [0, 0.05) is 28.5 Å². The highest BCUT2D eigenvalue weighted by atomic mass is 35.5. The van der Waals surface area contributed by atoms with Crippen LogP contribution in [0.3, 0.4) is 0 Å². The lowest BCUT2D eigenvalue weighted by atomic mass is 10.1. The molecule has 4 rings (SSSR count). The second-order valence-electron chi connectivity index (χ2n) is 8.16. The van der Waals surface area contributed by atoms with Crippen LogP contribution in [0.4, 0.5) is 0 Å². The van der Waals surface area contributed by atoms with E-state index in [1.54, 1.807) is 6.08 Å². The summed E-state index contributed by atoms with van der Waals surface area (Å²) in [5.41, 5.74) is 5.07. The van der Waals surface area contributed by atoms with Crippen molar-refractivity contribution in [2.45, 2.75) is 41.0 Å². The van der Waals surface area contributed by atoms with Crippen molar-refractivity contribution in [2.75, 3.05) is 0 Å². The molecule has 0 aliphatic carbocycles. The third-order valence-electron chi connectivity index (χ3n) is 5.33. The summed E-state index contributed by atoms with van der Waals surface area (Å²) >= 11 is 7.70. The molecule has 31 heavy (non-hydrogen) atoms. The molecule has 6 nitrogen and oxygen atoms in total. The monoisotopic (exact) mass is 453 g/mol. The Morgan fingerprint density at radius 3 is 2.71 bits per heavy atom. The standard InChI is InChI=1S/C23H24ClN5OS/c1-12(2)9-20-27-29-21(25)17(22(30)26-23(29)31-20)11-16-10-13(3)28(15(16)5)19-8-6-7-18(24)14(19)4/h6-8,10-12,25H,9H2,1-5H3. The van der Waals surface area contributed by atoms with E-state index in [4.69, 9.17) is 17.0 Å². The van der Waals surface area contributed by atoms with Crippen molar-refractivity contribution < 1.29 is 4.79 Å². The van der Waals surface area contributed by atoms with Gasteiger partial charge in [0.2, 0.25) is 5.17 Å². The number of hydrogen-bond acceptors (Lipinski definition) is 4. The van der Waals surface area contributed by atoms with Gasteiger partial charge in [0.1, 0.15) is 5.04 Å². The first-order valence-electron chi connectivity index (χ1n) is 10.1. The van der Waals surface area contributed by atoms with Gasteiger partial charge in [-0.15, -0.1) is 0 Å². The zero-order chi connectivity index (χ0) is 22.4. The molecule has 0 fully saturated rings. The smallest absolute Gasteiger partial charge is 0.283 e. The molecule has 1 N–H and O–H groups in total. The summed E-state index contributed by atoms with van der Waals surface area (Å²) in [6.07, 6.45) is 2.53. The molecule has 0 spiro atoms. The maximum atomic E-state index is 12.7. The number of aliphatic imine (C=N–C) groups is 1. The summed E-state index contributed by atoms with van der Waals surface area (Å²) in [4.78, 5) is 16.9. The Morgan fingerprint density at radius 2 is 2.00 bits per heavy atom. The molecule has 0 unspecified atom stereocenters. The molecule has 0 bridgehead atoms. The number of amidine groups is 2. The van der Waals surface area contributed by atoms with E-state index < -0.39 is 5.91 Å². The maximum absolute atomic E-state index is 12.7. The lowest BCUT2D eigenvalue weighted by Crippen LogP contribution is -2.35. The molecule has 0 saturated carbocycles. The second kappa shape index (κ2) is 8.13. The van der Waals surface area contributed by atoms with E-state index in [1.807, 2.05) is 45.0 Å². The first kappa shape index (κ1) is 21.6. The number of halogens is 1. The average molecular weight is 454 g/mol. The highest BCUT2D eigenvalue weighted by Crippen LogP contribution is 2.32. The van der Waals surface area contributed by atoms with Crippen molar-refractivity contribution in [3.63, 3.8) is 0 Å². The van der Waals surface area contributed by atoms with E-state index >= 15 is 0 Å². The van der Waals surface area contributed by atoms with E-state index in [0.29, 0.717) is 16.1 Å². The van der Waals surface area contributed by atoms with Crippen LogP contribution in [0.25, 0.3) is 11.8 Å². The highest BCUT2D eigenvalue weighted by Gasteiger charge is 2.35. The molecule has 2 aliphatic rings. The number of thioether (sulfide) groups is 1. The van der Waals surface area contributed by atoms with Crippen LogP contribution in [0.1, 0.15) is 42.8 Å². The zero-order valence-electron chi connectivity index (χ0n) is 18.2. The summed E-state index contributed by atoms with van der Waals surface area (Å²) in [6, 6.07) is 7.83. The third-order valence-corrected chi connectivity index (χ3v) is 6.67. The molecule has 160 valence electrons. The molecule has 8 heteroatoms. The molecular weight excluding hydrogens is 430 g/mol. The number of aromatic nitrogens is 1. The number of hydrazone groups is 1. The van der Waals surface area contributed by atoms with Gasteiger partial charge in [0.15, 0.2) is 5.84 Å². The van der Waals surface area contributed by atoms with Crippen molar-refractivity contribution in [1.82, 2.24) is 9.58 Å². The Hall–Kier alpha value is -2.64. The highest BCUT2D eigenvalue weighted by molar-refractivity contribution is 8.26. The Kier molecular flexibility index (Phi) is 5.66. The second-order valence-corrected chi connectivity index (χ2v) is 9.61.